The predicted octanol–water partition coefficient (Wildman–Crippen LogP) is 0.937. The van der Waals surface area contributed by atoms with Crippen LogP contribution in [0, 0.1) is 0 Å². The van der Waals surface area contributed by atoms with Gasteiger partial charge in [-0.3, -0.25) is 0 Å². The molecule has 0 aromatic heterocycles. The van der Waals surface area contributed by atoms with Crippen LogP contribution in [0.5, 0.6) is 5.75 Å². The molecule has 8 heteroatoms. The third-order valence-electron chi connectivity index (χ3n) is 5.54. The number of carboxylic acid groups (broad SMARTS) is 2. The lowest BCUT2D eigenvalue weighted by Crippen LogP contribution is -2.51. The molecule has 0 saturated heterocycles. The smallest absolute Gasteiger partial charge is 0.177 e. The molecule has 0 radical (unpaired) electrons. The summed E-state index contributed by atoms with van der Waals surface area (Å²) in [5, 5.41) is 36.1. The number of hydrogen-bond acceptors (Lipinski definition) is 7. The summed E-state index contributed by atoms with van der Waals surface area (Å²) in [4.78, 5) is 21.6. The Morgan fingerprint density at radius 1 is 1.13 bits per heavy atom. The Bertz CT molecular complexity index is 889. The minimum absolute atomic E-state index is 0.122. The van der Waals surface area contributed by atoms with E-state index in [1.807, 2.05) is 24.3 Å². The van der Waals surface area contributed by atoms with Gasteiger partial charge in [0, 0.05) is 17.6 Å². The summed E-state index contributed by atoms with van der Waals surface area (Å²) in [6.45, 7) is 0.429. The molecule has 31 heavy (non-hydrogen) atoms. The molecule has 0 aliphatic heterocycles. The largest absolute Gasteiger partial charge is 0.546 e. The van der Waals surface area contributed by atoms with E-state index in [-0.39, 0.29) is 11.8 Å². The van der Waals surface area contributed by atoms with Crippen molar-refractivity contribution in [3.05, 3.63) is 64.7 Å². The van der Waals surface area contributed by atoms with Crippen LogP contribution in [-0.4, -0.2) is 35.7 Å². The van der Waals surface area contributed by atoms with Crippen molar-refractivity contribution >= 4 is 23.5 Å². The van der Waals surface area contributed by atoms with Crippen molar-refractivity contribution in [3.63, 3.8) is 0 Å². The fraction of sp³-hybridized carbons (Fsp3) is 0.391. The Labute approximate surface area is 185 Å². The molecule has 2 aromatic rings. The van der Waals surface area contributed by atoms with Gasteiger partial charge in [0.15, 0.2) is 6.10 Å². The Hall–Kier alpha value is -2.61. The van der Waals surface area contributed by atoms with Crippen LogP contribution < -0.4 is 20.3 Å². The third kappa shape index (κ3) is 6.43. The molecule has 1 aliphatic carbocycles. The standard InChI is InChI=1S/C23H26ClNO6/c24-17-5-1-4-16(11-17)20(26)13-25-18-6-2-3-15(12-18)14-7-9-19(10-8-14)31-21(22(27)28)23(29)30/h1,4-5,7-11,15,18,20-21,25-26H,2-3,6,12-13H2,(H,27,28)(H,29,30)/p-2. The number of benzene rings is 2. The van der Waals surface area contributed by atoms with E-state index in [1.54, 1.807) is 24.3 Å². The number of hydrogen-bond donors (Lipinski definition) is 2. The van der Waals surface area contributed by atoms with Gasteiger partial charge in [-0.1, -0.05) is 42.3 Å². The molecular weight excluding hydrogens is 422 g/mol. The van der Waals surface area contributed by atoms with Gasteiger partial charge in [-0.25, -0.2) is 0 Å². The summed E-state index contributed by atoms with van der Waals surface area (Å²) in [6.07, 6.45) is 1.15. The van der Waals surface area contributed by atoms with E-state index in [0.29, 0.717) is 17.5 Å². The Balaban J connectivity index is 1.55. The Morgan fingerprint density at radius 2 is 1.84 bits per heavy atom. The summed E-state index contributed by atoms with van der Waals surface area (Å²) in [6, 6.07) is 14.2. The van der Waals surface area contributed by atoms with Crippen molar-refractivity contribution in [2.75, 3.05) is 6.54 Å². The van der Waals surface area contributed by atoms with Crippen molar-refractivity contribution in [1.29, 1.82) is 0 Å². The maximum atomic E-state index is 10.8. The second-order valence-electron chi connectivity index (χ2n) is 7.74. The average Bonchev–Trinajstić information content (AvgIpc) is 2.76. The van der Waals surface area contributed by atoms with E-state index in [2.05, 4.69) is 5.32 Å². The van der Waals surface area contributed by atoms with Gasteiger partial charge < -0.3 is 35.0 Å². The first-order valence-electron chi connectivity index (χ1n) is 10.2. The number of halogens is 1. The molecule has 1 aliphatic rings. The minimum atomic E-state index is -2.15. The fourth-order valence-electron chi connectivity index (χ4n) is 3.94. The zero-order chi connectivity index (χ0) is 22.4. The second-order valence-corrected chi connectivity index (χ2v) is 8.18. The maximum absolute atomic E-state index is 10.8. The number of ether oxygens (including phenoxy) is 1. The highest BCUT2D eigenvalue weighted by Crippen LogP contribution is 2.34. The molecule has 7 nitrogen and oxygen atoms in total. The van der Waals surface area contributed by atoms with Crippen LogP contribution in [0.3, 0.4) is 0 Å². The lowest BCUT2D eigenvalue weighted by molar-refractivity contribution is -0.334. The van der Waals surface area contributed by atoms with Crippen LogP contribution in [0.15, 0.2) is 48.5 Å². The molecule has 3 unspecified atom stereocenters. The number of aliphatic hydroxyl groups is 1. The molecule has 1 saturated carbocycles. The number of aliphatic hydroxyl groups excluding tert-OH is 1. The summed E-state index contributed by atoms with van der Waals surface area (Å²) >= 11 is 5.99. The lowest BCUT2D eigenvalue weighted by Gasteiger charge is -2.31. The SMILES string of the molecule is O=C([O-])C(Oc1ccc(C2CCCC(NCC(O)c3cccc(Cl)c3)C2)cc1)C(=O)[O-]. The van der Waals surface area contributed by atoms with Gasteiger partial charge in [-0.05, 0) is 60.6 Å². The van der Waals surface area contributed by atoms with E-state index in [4.69, 9.17) is 16.3 Å². The number of carbonyl (C=O) groups is 2. The number of rotatable bonds is 9. The van der Waals surface area contributed by atoms with E-state index in [0.717, 1.165) is 36.8 Å². The van der Waals surface area contributed by atoms with Crippen molar-refractivity contribution < 1.29 is 29.6 Å². The highest BCUT2D eigenvalue weighted by atomic mass is 35.5. The molecule has 0 amide bonds. The zero-order valence-electron chi connectivity index (χ0n) is 16.8. The monoisotopic (exact) mass is 445 g/mol. The molecule has 166 valence electrons. The van der Waals surface area contributed by atoms with Crippen LogP contribution >= 0.6 is 11.6 Å². The van der Waals surface area contributed by atoms with Gasteiger partial charge in [-0.15, -0.1) is 0 Å². The first-order valence-corrected chi connectivity index (χ1v) is 10.6. The first kappa shape index (κ1) is 23.1. The van der Waals surface area contributed by atoms with E-state index < -0.39 is 24.1 Å². The van der Waals surface area contributed by atoms with Gasteiger partial charge in [0.05, 0.1) is 18.0 Å². The van der Waals surface area contributed by atoms with Crippen LogP contribution in [0.4, 0.5) is 0 Å². The van der Waals surface area contributed by atoms with Crippen LogP contribution in [-0.2, 0) is 9.59 Å². The molecule has 3 atom stereocenters. The first-order chi connectivity index (χ1) is 14.8. The van der Waals surface area contributed by atoms with Crippen LogP contribution in [0.2, 0.25) is 5.02 Å². The van der Waals surface area contributed by atoms with E-state index >= 15 is 0 Å². The van der Waals surface area contributed by atoms with Gasteiger partial charge in [-0.2, -0.15) is 0 Å². The summed E-state index contributed by atoms with van der Waals surface area (Å²) in [5.41, 5.74) is 1.84. The van der Waals surface area contributed by atoms with Crippen LogP contribution in [0.25, 0.3) is 0 Å². The number of aliphatic carboxylic acids is 2. The van der Waals surface area contributed by atoms with Crippen molar-refractivity contribution in [3.8, 4) is 5.75 Å². The van der Waals surface area contributed by atoms with Gasteiger partial charge in [0.2, 0.25) is 0 Å². The number of nitrogens with one attached hydrogen (secondary N) is 1. The molecule has 0 heterocycles. The van der Waals surface area contributed by atoms with Crippen LogP contribution in [0.1, 0.15) is 48.8 Å². The molecule has 2 aromatic carbocycles. The van der Waals surface area contributed by atoms with Gasteiger partial charge >= 0.3 is 0 Å². The number of carboxylic acids is 2. The summed E-state index contributed by atoms with van der Waals surface area (Å²) in [5.74, 6) is -3.30. The topological polar surface area (TPSA) is 122 Å². The molecular formula is C23H24ClNO6-2. The molecule has 1 fully saturated rings. The van der Waals surface area contributed by atoms with Crippen molar-refractivity contribution in [2.24, 2.45) is 0 Å². The minimum Gasteiger partial charge on any atom is -0.546 e. The normalized spacial score (nSPS) is 19.7. The molecule has 2 N–H and O–H groups in total. The summed E-state index contributed by atoms with van der Waals surface area (Å²) < 4.78 is 4.94. The highest BCUT2D eigenvalue weighted by Gasteiger charge is 2.24. The fourth-order valence-corrected chi connectivity index (χ4v) is 4.13. The Morgan fingerprint density at radius 3 is 2.48 bits per heavy atom. The average molecular weight is 446 g/mol. The van der Waals surface area contributed by atoms with E-state index in [1.165, 1.54) is 0 Å². The van der Waals surface area contributed by atoms with Gasteiger partial charge in [0.25, 0.3) is 0 Å². The molecule has 0 bridgehead atoms. The second kappa shape index (κ2) is 10.6. The number of carbonyl (C=O) groups excluding carboxylic acids is 2. The zero-order valence-corrected chi connectivity index (χ0v) is 17.6. The molecule has 3 rings (SSSR count). The van der Waals surface area contributed by atoms with Gasteiger partial charge in [0.1, 0.15) is 5.75 Å². The van der Waals surface area contributed by atoms with Crippen molar-refractivity contribution in [2.45, 2.75) is 49.9 Å². The predicted molar refractivity (Wildman–Crippen MR) is 110 cm³/mol. The van der Waals surface area contributed by atoms with Crippen molar-refractivity contribution in [1.82, 2.24) is 5.32 Å². The Kier molecular flexibility index (Phi) is 7.90. The van der Waals surface area contributed by atoms with E-state index in [9.17, 15) is 24.9 Å². The third-order valence-corrected chi connectivity index (χ3v) is 5.78. The lowest BCUT2D eigenvalue weighted by atomic mass is 9.81. The quantitative estimate of drug-likeness (QED) is 0.551. The highest BCUT2D eigenvalue weighted by molar-refractivity contribution is 6.30. The maximum Gasteiger partial charge on any atom is 0.177 e. The summed E-state index contributed by atoms with van der Waals surface area (Å²) in [7, 11) is 0. The molecule has 0 spiro atoms.